The Hall–Kier alpha value is -1.76. The maximum absolute atomic E-state index is 12.5. The van der Waals surface area contributed by atoms with Gasteiger partial charge in [-0.15, -0.1) is 0 Å². The number of halogens is 1. The van der Waals surface area contributed by atoms with Crippen LogP contribution >= 0.6 is 11.6 Å². The van der Waals surface area contributed by atoms with E-state index in [1.165, 1.54) is 0 Å². The number of sulfonamides is 1. The fourth-order valence-electron chi connectivity index (χ4n) is 2.79. The lowest BCUT2D eigenvalue weighted by Gasteiger charge is -2.35. The molecule has 1 heterocycles. The molecule has 2 aromatic carbocycles. The third-order valence-corrected chi connectivity index (χ3v) is 6.26. The summed E-state index contributed by atoms with van der Waals surface area (Å²) in [6, 6.07) is 16.9. The maximum Gasteiger partial charge on any atom is 0.217 e. The minimum absolute atomic E-state index is 0.0111. The summed E-state index contributed by atoms with van der Waals surface area (Å²) in [7, 11) is -3.31. The Morgan fingerprint density at radius 3 is 2.20 bits per heavy atom. The molecule has 5 nitrogen and oxygen atoms in total. The predicted octanol–water partition coefficient (Wildman–Crippen LogP) is 2.87. The van der Waals surface area contributed by atoms with Crippen molar-refractivity contribution in [3.63, 3.8) is 0 Å². The zero-order valence-electron chi connectivity index (χ0n) is 13.8. The Morgan fingerprint density at radius 2 is 1.56 bits per heavy atom. The SMILES string of the molecule is O=S(=O)(CCOc1ccccc1)N1CCN(c2ccc(Cl)cc2)CC1. The van der Waals surface area contributed by atoms with Crippen molar-refractivity contribution in [2.75, 3.05) is 43.4 Å². The molecule has 3 rings (SSSR count). The molecular weight excluding hydrogens is 360 g/mol. The highest BCUT2D eigenvalue weighted by atomic mass is 35.5. The molecule has 0 N–H and O–H groups in total. The Balaban J connectivity index is 1.50. The van der Waals surface area contributed by atoms with E-state index in [1.54, 1.807) is 4.31 Å². The van der Waals surface area contributed by atoms with Crippen LogP contribution in [0.25, 0.3) is 0 Å². The van der Waals surface area contributed by atoms with Crippen LogP contribution in [0.1, 0.15) is 0 Å². The molecule has 2 aromatic rings. The van der Waals surface area contributed by atoms with Gasteiger partial charge in [0.15, 0.2) is 0 Å². The first kappa shape index (κ1) is 18.0. The third-order valence-electron chi connectivity index (χ3n) is 4.18. The van der Waals surface area contributed by atoms with Crippen LogP contribution < -0.4 is 9.64 Å². The van der Waals surface area contributed by atoms with Crippen LogP contribution in [0.15, 0.2) is 54.6 Å². The van der Waals surface area contributed by atoms with Gasteiger partial charge < -0.3 is 9.64 Å². The summed E-state index contributed by atoms with van der Waals surface area (Å²) in [5, 5.41) is 0.698. The maximum atomic E-state index is 12.5. The van der Waals surface area contributed by atoms with Gasteiger partial charge in [-0.05, 0) is 36.4 Å². The van der Waals surface area contributed by atoms with Crippen molar-refractivity contribution in [3.8, 4) is 5.75 Å². The molecule has 1 saturated heterocycles. The Kier molecular flexibility index (Phi) is 5.83. The summed E-state index contributed by atoms with van der Waals surface area (Å²) in [4.78, 5) is 2.17. The van der Waals surface area contributed by atoms with Crippen LogP contribution in [0, 0.1) is 0 Å². The minimum Gasteiger partial charge on any atom is -0.492 e. The summed E-state index contributed by atoms with van der Waals surface area (Å²) in [6.45, 7) is 2.46. The van der Waals surface area contributed by atoms with Gasteiger partial charge >= 0.3 is 0 Å². The molecule has 0 spiro atoms. The molecule has 0 bridgehead atoms. The van der Waals surface area contributed by atoms with Crippen LogP contribution in [0.5, 0.6) is 5.75 Å². The molecule has 0 saturated carbocycles. The first-order valence-electron chi connectivity index (χ1n) is 8.21. The summed E-state index contributed by atoms with van der Waals surface area (Å²) < 4.78 is 32.0. The van der Waals surface area contributed by atoms with Gasteiger partial charge in [-0.2, -0.15) is 4.31 Å². The Labute approximate surface area is 153 Å². The van der Waals surface area contributed by atoms with Gasteiger partial charge in [0, 0.05) is 36.9 Å². The molecule has 134 valence electrons. The molecule has 25 heavy (non-hydrogen) atoms. The number of hydrogen-bond acceptors (Lipinski definition) is 4. The van der Waals surface area contributed by atoms with E-state index in [-0.39, 0.29) is 12.4 Å². The van der Waals surface area contributed by atoms with E-state index >= 15 is 0 Å². The number of hydrogen-bond donors (Lipinski definition) is 0. The molecule has 0 unspecified atom stereocenters. The monoisotopic (exact) mass is 380 g/mol. The van der Waals surface area contributed by atoms with E-state index in [0.29, 0.717) is 37.0 Å². The van der Waals surface area contributed by atoms with Gasteiger partial charge in [0.2, 0.25) is 10.0 Å². The van der Waals surface area contributed by atoms with E-state index in [2.05, 4.69) is 4.90 Å². The highest BCUT2D eigenvalue weighted by molar-refractivity contribution is 7.89. The number of rotatable bonds is 6. The first-order chi connectivity index (χ1) is 12.0. The Bertz CT molecular complexity index is 774. The second kappa shape index (κ2) is 8.08. The van der Waals surface area contributed by atoms with Crippen molar-refractivity contribution in [1.82, 2.24) is 4.31 Å². The van der Waals surface area contributed by atoms with E-state index in [4.69, 9.17) is 16.3 Å². The van der Waals surface area contributed by atoms with Gasteiger partial charge in [-0.1, -0.05) is 29.8 Å². The van der Waals surface area contributed by atoms with Crippen molar-refractivity contribution >= 4 is 27.3 Å². The molecular formula is C18H21ClN2O3S. The van der Waals surface area contributed by atoms with Crippen LogP contribution in [-0.4, -0.2) is 51.3 Å². The molecule has 0 aromatic heterocycles. The molecule has 0 radical (unpaired) electrons. The normalized spacial score (nSPS) is 16.0. The fourth-order valence-corrected chi connectivity index (χ4v) is 4.18. The van der Waals surface area contributed by atoms with Gasteiger partial charge in [0.05, 0.1) is 5.75 Å². The van der Waals surface area contributed by atoms with E-state index < -0.39 is 10.0 Å². The van der Waals surface area contributed by atoms with E-state index in [1.807, 2.05) is 54.6 Å². The second-order valence-corrected chi connectivity index (χ2v) is 8.36. The number of anilines is 1. The lowest BCUT2D eigenvalue weighted by Crippen LogP contribution is -2.49. The second-order valence-electron chi connectivity index (χ2n) is 5.84. The summed E-state index contributed by atoms with van der Waals surface area (Å²) >= 11 is 5.91. The number of ether oxygens (including phenoxy) is 1. The van der Waals surface area contributed by atoms with Crippen molar-refractivity contribution < 1.29 is 13.2 Å². The predicted molar refractivity (Wildman–Crippen MR) is 101 cm³/mol. The van der Waals surface area contributed by atoms with Crippen molar-refractivity contribution in [2.45, 2.75) is 0 Å². The average Bonchev–Trinajstić information content (AvgIpc) is 2.63. The lowest BCUT2D eigenvalue weighted by molar-refractivity contribution is 0.331. The molecule has 0 aliphatic carbocycles. The Morgan fingerprint density at radius 1 is 0.920 bits per heavy atom. The highest BCUT2D eigenvalue weighted by Crippen LogP contribution is 2.20. The number of benzene rings is 2. The smallest absolute Gasteiger partial charge is 0.217 e. The molecule has 7 heteroatoms. The van der Waals surface area contributed by atoms with Gasteiger partial charge in [0.1, 0.15) is 12.4 Å². The van der Waals surface area contributed by atoms with Crippen molar-refractivity contribution in [3.05, 3.63) is 59.6 Å². The zero-order chi connectivity index (χ0) is 17.7. The van der Waals surface area contributed by atoms with Crippen LogP contribution in [0.4, 0.5) is 5.69 Å². The standard InChI is InChI=1S/C18H21ClN2O3S/c19-16-6-8-17(9-7-16)20-10-12-21(13-11-20)25(22,23)15-14-24-18-4-2-1-3-5-18/h1-9H,10-15H2. The van der Waals surface area contributed by atoms with E-state index in [9.17, 15) is 8.42 Å². The molecule has 0 amide bonds. The average molecular weight is 381 g/mol. The highest BCUT2D eigenvalue weighted by Gasteiger charge is 2.26. The molecule has 1 aliphatic heterocycles. The van der Waals surface area contributed by atoms with Crippen molar-refractivity contribution in [1.29, 1.82) is 0 Å². The number of nitrogens with zero attached hydrogens (tertiary/aromatic N) is 2. The van der Waals surface area contributed by atoms with Crippen LogP contribution in [0.3, 0.4) is 0 Å². The largest absolute Gasteiger partial charge is 0.492 e. The summed E-state index contributed by atoms with van der Waals surface area (Å²) in [6.07, 6.45) is 0. The minimum atomic E-state index is -3.31. The van der Waals surface area contributed by atoms with Crippen LogP contribution in [-0.2, 0) is 10.0 Å². The summed E-state index contributed by atoms with van der Waals surface area (Å²) in [5.74, 6) is 0.674. The number of piperazine rings is 1. The van der Waals surface area contributed by atoms with Gasteiger partial charge in [0.25, 0.3) is 0 Å². The van der Waals surface area contributed by atoms with Gasteiger partial charge in [-0.25, -0.2) is 8.42 Å². The zero-order valence-corrected chi connectivity index (χ0v) is 15.4. The number of para-hydroxylation sites is 1. The molecule has 0 atom stereocenters. The molecule has 1 fully saturated rings. The van der Waals surface area contributed by atoms with Gasteiger partial charge in [-0.3, -0.25) is 0 Å². The fraction of sp³-hybridized carbons (Fsp3) is 0.333. The van der Waals surface area contributed by atoms with E-state index in [0.717, 1.165) is 5.69 Å². The summed E-state index contributed by atoms with van der Waals surface area (Å²) in [5.41, 5.74) is 1.06. The lowest BCUT2D eigenvalue weighted by atomic mass is 10.2. The van der Waals surface area contributed by atoms with Crippen LogP contribution in [0.2, 0.25) is 5.02 Å². The molecule has 1 aliphatic rings. The topological polar surface area (TPSA) is 49.9 Å². The first-order valence-corrected chi connectivity index (χ1v) is 10.2. The quantitative estimate of drug-likeness (QED) is 0.773. The third kappa shape index (κ3) is 4.87. The van der Waals surface area contributed by atoms with Crippen molar-refractivity contribution in [2.24, 2.45) is 0 Å².